The lowest BCUT2D eigenvalue weighted by molar-refractivity contribution is -0.118. The van der Waals surface area contributed by atoms with Crippen molar-refractivity contribution >= 4 is 27.7 Å². The number of hydrogen-bond donors (Lipinski definition) is 0. The predicted octanol–water partition coefficient (Wildman–Crippen LogP) is 2.54. The first-order chi connectivity index (χ1) is 9.06. The fraction of sp³-hybridized carbons (Fsp3) is 0.571. The van der Waals surface area contributed by atoms with Crippen LogP contribution in [0.2, 0.25) is 0 Å². The maximum atomic E-state index is 12.1. The van der Waals surface area contributed by atoms with Crippen molar-refractivity contribution in [1.82, 2.24) is 9.88 Å². The normalized spacial score (nSPS) is 19.6. The molecule has 0 aliphatic carbocycles. The summed E-state index contributed by atoms with van der Waals surface area (Å²) in [6, 6.07) is 3.75. The van der Waals surface area contributed by atoms with Crippen LogP contribution < -0.4 is 4.90 Å². The molecular formula is C14H20BrN3O. The fourth-order valence-electron chi connectivity index (χ4n) is 2.45. The van der Waals surface area contributed by atoms with Crippen LogP contribution >= 0.6 is 15.9 Å². The minimum atomic E-state index is 0.143. The first-order valence-electron chi connectivity index (χ1n) is 6.63. The van der Waals surface area contributed by atoms with Crippen LogP contribution in [-0.2, 0) is 4.79 Å². The highest BCUT2D eigenvalue weighted by atomic mass is 79.9. The number of carbonyl (C=O) groups is 1. The summed E-state index contributed by atoms with van der Waals surface area (Å²) in [7, 11) is 3.93. The van der Waals surface area contributed by atoms with Crippen LogP contribution in [0.25, 0.3) is 0 Å². The van der Waals surface area contributed by atoms with Crippen LogP contribution in [0.1, 0.15) is 19.3 Å². The van der Waals surface area contributed by atoms with E-state index in [0.29, 0.717) is 18.2 Å². The zero-order valence-corrected chi connectivity index (χ0v) is 13.1. The van der Waals surface area contributed by atoms with E-state index in [-0.39, 0.29) is 5.91 Å². The Labute approximate surface area is 122 Å². The molecule has 0 bridgehead atoms. The zero-order valence-electron chi connectivity index (χ0n) is 11.5. The standard InChI is InChI=1S/C14H20BrN3O/c1-17-8-7-11(10-17)3-6-14(19)18(2)13-5-4-12(15)9-16-13/h4-5,9,11H,3,6-8,10H2,1-2H3. The minimum absolute atomic E-state index is 0.143. The first kappa shape index (κ1) is 14.5. The molecule has 104 valence electrons. The lowest BCUT2D eigenvalue weighted by Crippen LogP contribution is -2.27. The Balaban J connectivity index is 1.84. The summed E-state index contributed by atoms with van der Waals surface area (Å²) in [6.45, 7) is 2.27. The third-order valence-corrected chi connectivity index (χ3v) is 4.15. The molecule has 1 fully saturated rings. The molecule has 2 rings (SSSR count). The summed E-state index contributed by atoms with van der Waals surface area (Å²) in [6.07, 6.45) is 4.51. The fourth-order valence-corrected chi connectivity index (χ4v) is 2.69. The smallest absolute Gasteiger partial charge is 0.227 e. The number of nitrogens with zero attached hydrogens (tertiary/aromatic N) is 3. The first-order valence-corrected chi connectivity index (χ1v) is 7.42. The van der Waals surface area contributed by atoms with E-state index in [4.69, 9.17) is 0 Å². The van der Waals surface area contributed by atoms with E-state index in [0.717, 1.165) is 24.0 Å². The van der Waals surface area contributed by atoms with Crippen molar-refractivity contribution in [3.05, 3.63) is 22.8 Å². The van der Waals surface area contributed by atoms with Crippen molar-refractivity contribution in [1.29, 1.82) is 0 Å². The van der Waals surface area contributed by atoms with Gasteiger partial charge in [0.25, 0.3) is 0 Å². The molecule has 1 aliphatic heterocycles. The summed E-state index contributed by atoms with van der Waals surface area (Å²) in [5.74, 6) is 1.52. The lowest BCUT2D eigenvalue weighted by Gasteiger charge is -2.17. The molecule has 4 nitrogen and oxygen atoms in total. The number of aromatic nitrogens is 1. The second-order valence-electron chi connectivity index (χ2n) is 5.24. The Morgan fingerprint density at radius 1 is 1.58 bits per heavy atom. The summed E-state index contributed by atoms with van der Waals surface area (Å²) in [5, 5.41) is 0. The van der Waals surface area contributed by atoms with Crippen molar-refractivity contribution < 1.29 is 4.79 Å². The maximum Gasteiger partial charge on any atom is 0.227 e. The van der Waals surface area contributed by atoms with Crippen LogP contribution in [0.15, 0.2) is 22.8 Å². The molecule has 0 saturated carbocycles. The number of carbonyl (C=O) groups excluding carboxylic acids is 1. The number of halogens is 1. The number of likely N-dealkylation sites (tertiary alicyclic amines) is 1. The molecule has 1 aliphatic rings. The van der Waals surface area contributed by atoms with Crippen LogP contribution in [0.5, 0.6) is 0 Å². The van der Waals surface area contributed by atoms with Gasteiger partial charge in [0.2, 0.25) is 5.91 Å². The number of hydrogen-bond acceptors (Lipinski definition) is 3. The highest BCUT2D eigenvalue weighted by Crippen LogP contribution is 2.21. The summed E-state index contributed by atoms with van der Waals surface area (Å²) >= 11 is 3.34. The van der Waals surface area contributed by atoms with Crippen LogP contribution in [0.4, 0.5) is 5.82 Å². The molecule has 0 spiro atoms. The van der Waals surface area contributed by atoms with Gasteiger partial charge < -0.3 is 4.90 Å². The van der Waals surface area contributed by atoms with Crippen LogP contribution in [0, 0.1) is 5.92 Å². The van der Waals surface area contributed by atoms with E-state index in [1.165, 1.54) is 6.42 Å². The van der Waals surface area contributed by atoms with Crippen molar-refractivity contribution in [2.75, 3.05) is 32.1 Å². The zero-order chi connectivity index (χ0) is 13.8. The van der Waals surface area contributed by atoms with Gasteiger partial charge in [-0.3, -0.25) is 9.69 Å². The van der Waals surface area contributed by atoms with E-state index >= 15 is 0 Å². The molecular weight excluding hydrogens is 306 g/mol. The molecule has 0 radical (unpaired) electrons. The largest absolute Gasteiger partial charge is 0.306 e. The number of anilines is 1. The van der Waals surface area contributed by atoms with Crippen molar-refractivity contribution in [3.8, 4) is 0 Å². The van der Waals surface area contributed by atoms with Gasteiger partial charge in [-0.2, -0.15) is 0 Å². The molecule has 1 aromatic rings. The number of pyridine rings is 1. The van der Waals surface area contributed by atoms with E-state index in [1.54, 1.807) is 18.1 Å². The van der Waals surface area contributed by atoms with Gasteiger partial charge in [-0.15, -0.1) is 0 Å². The summed E-state index contributed by atoms with van der Waals surface area (Å²) < 4.78 is 0.922. The average Bonchev–Trinajstić information content (AvgIpc) is 2.82. The van der Waals surface area contributed by atoms with Gasteiger partial charge in [-0.25, -0.2) is 4.98 Å². The second-order valence-corrected chi connectivity index (χ2v) is 6.16. The molecule has 1 aromatic heterocycles. The molecule has 2 heterocycles. The molecule has 5 heteroatoms. The third-order valence-electron chi connectivity index (χ3n) is 3.68. The quantitative estimate of drug-likeness (QED) is 0.853. The Morgan fingerprint density at radius 3 is 2.95 bits per heavy atom. The van der Waals surface area contributed by atoms with Gasteiger partial charge >= 0.3 is 0 Å². The molecule has 0 aromatic carbocycles. The van der Waals surface area contributed by atoms with E-state index < -0.39 is 0 Å². The Morgan fingerprint density at radius 2 is 2.37 bits per heavy atom. The van der Waals surface area contributed by atoms with E-state index in [9.17, 15) is 4.79 Å². The molecule has 19 heavy (non-hydrogen) atoms. The van der Waals surface area contributed by atoms with Crippen LogP contribution in [-0.4, -0.2) is 43.0 Å². The predicted molar refractivity (Wildman–Crippen MR) is 80.2 cm³/mol. The van der Waals surface area contributed by atoms with Gasteiger partial charge in [0, 0.05) is 30.7 Å². The molecule has 1 saturated heterocycles. The van der Waals surface area contributed by atoms with Gasteiger partial charge in [0.05, 0.1) is 0 Å². The number of rotatable bonds is 4. The minimum Gasteiger partial charge on any atom is -0.306 e. The highest BCUT2D eigenvalue weighted by Gasteiger charge is 2.21. The SMILES string of the molecule is CN1CCC(CCC(=O)N(C)c2ccc(Br)cn2)C1. The van der Waals surface area contributed by atoms with Crippen molar-refractivity contribution in [3.63, 3.8) is 0 Å². The maximum absolute atomic E-state index is 12.1. The topological polar surface area (TPSA) is 36.4 Å². The highest BCUT2D eigenvalue weighted by molar-refractivity contribution is 9.10. The average molecular weight is 326 g/mol. The third kappa shape index (κ3) is 4.01. The van der Waals surface area contributed by atoms with Crippen molar-refractivity contribution in [2.45, 2.75) is 19.3 Å². The lowest BCUT2D eigenvalue weighted by atomic mass is 10.0. The second kappa shape index (κ2) is 6.48. The Kier molecular flexibility index (Phi) is 4.93. The monoisotopic (exact) mass is 325 g/mol. The molecule has 1 amide bonds. The van der Waals surface area contributed by atoms with E-state index in [2.05, 4.69) is 32.9 Å². The Hall–Kier alpha value is -0.940. The molecule has 1 unspecified atom stereocenters. The Bertz CT molecular complexity index is 435. The molecule has 1 atom stereocenters. The summed E-state index contributed by atoms with van der Waals surface area (Å²) in [5.41, 5.74) is 0. The van der Waals surface area contributed by atoms with Crippen molar-refractivity contribution in [2.24, 2.45) is 5.92 Å². The summed E-state index contributed by atoms with van der Waals surface area (Å²) in [4.78, 5) is 20.3. The van der Waals surface area contributed by atoms with Crippen LogP contribution in [0.3, 0.4) is 0 Å². The van der Waals surface area contributed by atoms with Gasteiger partial charge in [-0.1, -0.05) is 0 Å². The molecule has 0 N–H and O–H groups in total. The van der Waals surface area contributed by atoms with Gasteiger partial charge in [-0.05, 0) is 60.4 Å². The van der Waals surface area contributed by atoms with E-state index in [1.807, 2.05) is 12.1 Å². The van der Waals surface area contributed by atoms with Gasteiger partial charge in [0.15, 0.2) is 0 Å². The van der Waals surface area contributed by atoms with Gasteiger partial charge in [0.1, 0.15) is 5.82 Å². The number of amides is 1.